The summed E-state index contributed by atoms with van der Waals surface area (Å²) in [5.74, 6) is 1.02. The quantitative estimate of drug-likeness (QED) is 0.272. The molecule has 0 amide bonds. The number of hydrogen-bond acceptors (Lipinski definition) is 3. The second kappa shape index (κ2) is 13.3. The summed E-state index contributed by atoms with van der Waals surface area (Å²) in [5, 5.41) is 3.47. The van der Waals surface area contributed by atoms with Gasteiger partial charge in [0.2, 0.25) is 0 Å². The molecule has 1 aliphatic heterocycles. The normalized spacial score (nSPS) is 16.9. The van der Waals surface area contributed by atoms with Crippen molar-refractivity contribution in [1.29, 1.82) is 0 Å². The van der Waals surface area contributed by atoms with Crippen LogP contribution in [0.15, 0.2) is 35.3 Å². The highest BCUT2D eigenvalue weighted by molar-refractivity contribution is 14.0. The van der Waals surface area contributed by atoms with Gasteiger partial charge < -0.3 is 15.0 Å². The number of nitrogens with zero attached hydrogens (tertiary/aromatic N) is 3. The molecule has 1 N–H and O–H groups in total. The third-order valence-corrected chi connectivity index (χ3v) is 4.79. The molecule has 1 saturated heterocycles. The molecule has 1 atom stereocenters. The minimum absolute atomic E-state index is 0. The molecule has 1 unspecified atom stereocenters. The zero-order chi connectivity index (χ0) is 17.9. The number of ether oxygens (including phenoxy) is 1. The van der Waals surface area contributed by atoms with E-state index in [0.29, 0.717) is 6.04 Å². The molecular weight excluding hydrogens is 439 g/mol. The number of aliphatic imine (C=N–C) groups is 1. The van der Waals surface area contributed by atoms with Gasteiger partial charge in [0.25, 0.3) is 0 Å². The van der Waals surface area contributed by atoms with Gasteiger partial charge >= 0.3 is 0 Å². The van der Waals surface area contributed by atoms with Gasteiger partial charge in [-0.1, -0.05) is 37.3 Å². The lowest BCUT2D eigenvalue weighted by Gasteiger charge is -2.40. The maximum Gasteiger partial charge on any atom is 0.193 e. The first-order valence-electron chi connectivity index (χ1n) is 9.62. The van der Waals surface area contributed by atoms with Gasteiger partial charge in [0.1, 0.15) is 0 Å². The molecule has 0 saturated carbocycles. The van der Waals surface area contributed by atoms with Crippen LogP contribution in [0.3, 0.4) is 0 Å². The predicted molar refractivity (Wildman–Crippen MR) is 121 cm³/mol. The minimum Gasteiger partial charge on any atom is -0.382 e. The van der Waals surface area contributed by atoms with Gasteiger partial charge in [0, 0.05) is 59.0 Å². The average Bonchev–Trinajstić information content (AvgIpc) is 2.67. The second-order valence-electron chi connectivity index (χ2n) is 6.38. The van der Waals surface area contributed by atoms with E-state index in [4.69, 9.17) is 4.74 Å². The Hall–Kier alpha value is -0.860. The maximum atomic E-state index is 5.39. The van der Waals surface area contributed by atoms with Crippen LogP contribution >= 0.6 is 24.0 Å². The molecule has 6 heteroatoms. The van der Waals surface area contributed by atoms with Gasteiger partial charge in [-0.3, -0.25) is 9.89 Å². The highest BCUT2D eigenvalue weighted by Gasteiger charge is 2.25. The number of nitrogens with one attached hydrogen (secondary N) is 1. The largest absolute Gasteiger partial charge is 0.382 e. The monoisotopic (exact) mass is 474 g/mol. The summed E-state index contributed by atoms with van der Waals surface area (Å²) in [6.07, 6.45) is 2.16. The fraction of sp³-hybridized carbons (Fsp3) is 0.650. The first-order valence-corrected chi connectivity index (χ1v) is 9.62. The van der Waals surface area contributed by atoms with Crippen LogP contribution in [0, 0.1) is 0 Å². The standard InChI is InChI=1S/C20H34N4O.HI/c1-4-19(18-10-7-6-8-11-18)23-13-15-24(16-14-23)20(21-3)22-12-9-17-25-5-2;/h6-8,10-11,19H,4-5,9,12-17H2,1-3H3,(H,21,22);1H. The highest BCUT2D eigenvalue weighted by atomic mass is 127. The predicted octanol–water partition coefficient (Wildman–Crippen LogP) is 3.38. The van der Waals surface area contributed by atoms with Crippen molar-refractivity contribution in [3.8, 4) is 0 Å². The highest BCUT2D eigenvalue weighted by Crippen LogP contribution is 2.25. The summed E-state index contributed by atoms with van der Waals surface area (Å²) in [7, 11) is 1.87. The Labute approximate surface area is 176 Å². The number of hydrogen-bond donors (Lipinski definition) is 1. The molecular formula is C20H35IN4O. The minimum atomic E-state index is 0. The van der Waals surface area contributed by atoms with E-state index in [1.807, 2.05) is 14.0 Å². The maximum absolute atomic E-state index is 5.39. The molecule has 26 heavy (non-hydrogen) atoms. The van der Waals surface area contributed by atoms with Crippen LogP contribution < -0.4 is 5.32 Å². The lowest BCUT2D eigenvalue weighted by atomic mass is 10.0. The molecule has 0 aliphatic carbocycles. The molecule has 1 aromatic carbocycles. The smallest absolute Gasteiger partial charge is 0.193 e. The van der Waals surface area contributed by atoms with Crippen molar-refractivity contribution < 1.29 is 4.74 Å². The van der Waals surface area contributed by atoms with Crippen molar-refractivity contribution in [2.45, 2.75) is 32.7 Å². The molecule has 0 bridgehead atoms. The Balaban J connectivity index is 0.00000338. The molecule has 0 spiro atoms. The number of rotatable bonds is 8. The van der Waals surface area contributed by atoms with E-state index < -0.39 is 0 Å². The molecule has 1 aliphatic rings. The third-order valence-electron chi connectivity index (χ3n) is 4.79. The van der Waals surface area contributed by atoms with Crippen molar-refractivity contribution >= 4 is 29.9 Å². The van der Waals surface area contributed by atoms with E-state index in [9.17, 15) is 0 Å². The zero-order valence-corrected chi connectivity index (χ0v) is 18.8. The number of piperazine rings is 1. The Kier molecular flexibility index (Phi) is 11.9. The van der Waals surface area contributed by atoms with E-state index in [1.165, 1.54) is 5.56 Å². The van der Waals surface area contributed by atoms with E-state index in [2.05, 4.69) is 57.4 Å². The van der Waals surface area contributed by atoms with Crippen LogP contribution in [-0.2, 0) is 4.74 Å². The van der Waals surface area contributed by atoms with Gasteiger partial charge in [0.15, 0.2) is 5.96 Å². The van der Waals surface area contributed by atoms with Crippen LogP contribution in [0.4, 0.5) is 0 Å². The van der Waals surface area contributed by atoms with Crippen LogP contribution in [0.2, 0.25) is 0 Å². The average molecular weight is 474 g/mol. The number of guanidine groups is 1. The molecule has 2 rings (SSSR count). The topological polar surface area (TPSA) is 40.1 Å². The summed E-state index contributed by atoms with van der Waals surface area (Å²) >= 11 is 0. The lowest BCUT2D eigenvalue weighted by molar-refractivity contribution is 0.126. The van der Waals surface area contributed by atoms with Gasteiger partial charge in [-0.25, -0.2) is 0 Å². The lowest BCUT2D eigenvalue weighted by Crippen LogP contribution is -2.53. The van der Waals surface area contributed by atoms with Crippen LogP contribution in [0.1, 0.15) is 38.3 Å². The molecule has 1 fully saturated rings. The van der Waals surface area contributed by atoms with Crippen LogP contribution in [-0.4, -0.2) is 68.7 Å². The van der Waals surface area contributed by atoms with Gasteiger partial charge in [-0.2, -0.15) is 0 Å². The molecule has 148 valence electrons. The van der Waals surface area contributed by atoms with Crippen LogP contribution in [0.5, 0.6) is 0 Å². The summed E-state index contributed by atoms with van der Waals surface area (Å²) in [6, 6.07) is 11.4. The fourth-order valence-corrected chi connectivity index (χ4v) is 3.48. The van der Waals surface area contributed by atoms with E-state index in [0.717, 1.165) is 64.7 Å². The van der Waals surface area contributed by atoms with Crippen LogP contribution in [0.25, 0.3) is 0 Å². The van der Waals surface area contributed by atoms with Crippen molar-refractivity contribution in [1.82, 2.24) is 15.1 Å². The van der Waals surface area contributed by atoms with E-state index in [-0.39, 0.29) is 24.0 Å². The third kappa shape index (κ3) is 7.04. The van der Waals surface area contributed by atoms with Crippen molar-refractivity contribution in [3.63, 3.8) is 0 Å². The summed E-state index contributed by atoms with van der Waals surface area (Å²) in [4.78, 5) is 9.43. The molecule has 1 aromatic rings. The Bertz CT molecular complexity index is 504. The van der Waals surface area contributed by atoms with Crippen molar-refractivity contribution in [2.75, 3.05) is 53.0 Å². The molecule has 0 aromatic heterocycles. The number of benzene rings is 1. The Morgan fingerprint density at radius 1 is 1.15 bits per heavy atom. The fourth-order valence-electron chi connectivity index (χ4n) is 3.48. The SMILES string of the molecule is CCOCCCNC(=NC)N1CCN(C(CC)c2ccccc2)CC1.I. The first-order chi connectivity index (χ1) is 12.3. The Morgan fingerprint density at radius 3 is 2.42 bits per heavy atom. The van der Waals surface area contributed by atoms with E-state index in [1.54, 1.807) is 0 Å². The number of halogens is 1. The van der Waals surface area contributed by atoms with Gasteiger partial charge in [0.05, 0.1) is 0 Å². The van der Waals surface area contributed by atoms with Gasteiger partial charge in [-0.05, 0) is 25.3 Å². The van der Waals surface area contributed by atoms with Gasteiger partial charge in [-0.15, -0.1) is 24.0 Å². The van der Waals surface area contributed by atoms with E-state index >= 15 is 0 Å². The summed E-state index contributed by atoms with van der Waals surface area (Å²) in [6.45, 7) is 11.0. The first kappa shape index (κ1) is 23.2. The van der Waals surface area contributed by atoms with Crippen molar-refractivity contribution in [2.24, 2.45) is 4.99 Å². The van der Waals surface area contributed by atoms with Crippen molar-refractivity contribution in [3.05, 3.63) is 35.9 Å². The summed E-state index contributed by atoms with van der Waals surface area (Å²) < 4.78 is 5.39. The Morgan fingerprint density at radius 2 is 1.85 bits per heavy atom. The molecule has 0 radical (unpaired) electrons. The summed E-state index contributed by atoms with van der Waals surface area (Å²) in [5.41, 5.74) is 1.43. The zero-order valence-electron chi connectivity index (χ0n) is 16.5. The second-order valence-corrected chi connectivity index (χ2v) is 6.38. The molecule has 1 heterocycles. The molecule has 5 nitrogen and oxygen atoms in total.